The molecule has 0 atom stereocenters. The molecule has 0 radical (unpaired) electrons. The molecule has 66 valence electrons. The Balaban J connectivity index is 2.85. The van der Waals surface area contributed by atoms with E-state index in [1.807, 2.05) is 0 Å². The summed E-state index contributed by atoms with van der Waals surface area (Å²) in [5.74, 6) is -0.427. The first-order chi connectivity index (χ1) is 5.47. The highest BCUT2D eigenvalue weighted by atomic mass is 127. The van der Waals surface area contributed by atoms with Gasteiger partial charge >= 0.3 is 0 Å². The second-order valence-electron chi connectivity index (χ2n) is 2.33. The molecule has 0 heterocycles. The van der Waals surface area contributed by atoms with E-state index in [9.17, 15) is 13.0 Å². The SMILES string of the molecule is O=S(=O)([O-])Cc1ccc(I)cc1. The van der Waals surface area contributed by atoms with Crippen LogP contribution in [0.3, 0.4) is 0 Å². The Bertz CT molecular complexity index is 355. The molecule has 0 aliphatic rings. The zero-order chi connectivity index (χ0) is 9.19. The van der Waals surface area contributed by atoms with E-state index >= 15 is 0 Å². The first kappa shape index (κ1) is 9.94. The van der Waals surface area contributed by atoms with Crippen LogP contribution in [-0.4, -0.2) is 13.0 Å². The van der Waals surface area contributed by atoms with Crippen LogP contribution in [-0.2, 0) is 15.9 Å². The molecule has 5 heteroatoms. The molecular weight excluding hydrogens is 291 g/mol. The lowest BCUT2D eigenvalue weighted by Gasteiger charge is -2.05. The maximum Gasteiger partial charge on any atom is 0.0988 e. The van der Waals surface area contributed by atoms with E-state index in [2.05, 4.69) is 22.6 Å². The zero-order valence-electron chi connectivity index (χ0n) is 6.03. The third-order valence-corrected chi connectivity index (χ3v) is 2.66. The second kappa shape index (κ2) is 3.71. The van der Waals surface area contributed by atoms with Crippen molar-refractivity contribution in [1.82, 2.24) is 0 Å². The van der Waals surface area contributed by atoms with Crippen molar-refractivity contribution < 1.29 is 13.0 Å². The van der Waals surface area contributed by atoms with Crippen LogP contribution in [0.2, 0.25) is 0 Å². The largest absolute Gasteiger partial charge is 0.748 e. The first-order valence-corrected chi connectivity index (χ1v) is 5.81. The Hall–Kier alpha value is -0.140. The summed E-state index contributed by atoms with van der Waals surface area (Å²) in [5.41, 5.74) is 0.533. The van der Waals surface area contributed by atoms with Gasteiger partial charge in [0.05, 0.1) is 15.9 Å². The lowest BCUT2D eigenvalue weighted by Crippen LogP contribution is -2.01. The van der Waals surface area contributed by atoms with Gasteiger partial charge in [-0.25, -0.2) is 8.42 Å². The maximum atomic E-state index is 10.3. The van der Waals surface area contributed by atoms with Crippen molar-refractivity contribution in [2.75, 3.05) is 0 Å². The van der Waals surface area contributed by atoms with Crippen molar-refractivity contribution in [3.8, 4) is 0 Å². The van der Waals surface area contributed by atoms with Gasteiger partial charge in [-0.15, -0.1) is 0 Å². The minimum atomic E-state index is -4.14. The highest BCUT2D eigenvalue weighted by molar-refractivity contribution is 14.1. The van der Waals surface area contributed by atoms with Crippen LogP contribution >= 0.6 is 22.6 Å². The number of rotatable bonds is 2. The summed E-state index contributed by atoms with van der Waals surface area (Å²) in [6.45, 7) is 0. The van der Waals surface area contributed by atoms with E-state index in [0.717, 1.165) is 3.57 Å². The molecule has 0 unspecified atom stereocenters. The number of halogens is 1. The lowest BCUT2D eigenvalue weighted by atomic mass is 10.2. The summed E-state index contributed by atoms with van der Waals surface area (Å²) in [6, 6.07) is 6.80. The molecule has 0 fully saturated rings. The van der Waals surface area contributed by atoms with Crippen LogP contribution < -0.4 is 0 Å². The monoisotopic (exact) mass is 297 g/mol. The molecule has 1 rings (SSSR count). The Morgan fingerprint density at radius 2 is 1.75 bits per heavy atom. The minimum Gasteiger partial charge on any atom is -0.748 e. The quantitative estimate of drug-likeness (QED) is 0.611. The van der Waals surface area contributed by atoms with Gasteiger partial charge in [0.2, 0.25) is 0 Å². The lowest BCUT2D eigenvalue weighted by molar-refractivity contribution is 0.462. The van der Waals surface area contributed by atoms with E-state index in [-0.39, 0.29) is 0 Å². The van der Waals surface area contributed by atoms with E-state index in [1.54, 1.807) is 24.3 Å². The molecule has 12 heavy (non-hydrogen) atoms. The number of hydrogen-bond acceptors (Lipinski definition) is 3. The summed E-state index contributed by atoms with van der Waals surface area (Å²) >= 11 is 2.11. The predicted molar refractivity (Wildman–Crippen MR) is 52.6 cm³/mol. The van der Waals surface area contributed by atoms with Gasteiger partial charge in [-0.1, -0.05) is 12.1 Å². The maximum absolute atomic E-state index is 10.3. The fraction of sp³-hybridized carbons (Fsp3) is 0.143. The molecule has 0 saturated carbocycles. The summed E-state index contributed by atoms with van der Waals surface area (Å²) in [7, 11) is -4.14. The molecule has 0 aliphatic carbocycles. The normalized spacial score (nSPS) is 11.5. The molecule has 1 aromatic carbocycles. The van der Waals surface area contributed by atoms with Crippen LogP contribution in [0, 0.1) is 3.57 Å². The van der Waals surface area contributed by atoms with Crippen molar-refractivity contribution >= 4 is 32.7 Å². The van der Waals surface area contributed by atoms with Gasteiger partial charge in [0.1, 0.15) is 0 Å². The predicted octanol–water partition coefficient (Wildman–Crippen LogP) is 1.34. The average Bonchev–Trinajstić information content (AvgIpc) is 1.91. The van der Waals surface area contributed by atoms with Crippen LogP contribution in [0.15, 0.2) is 24.3 Å². The van der Waals surface area contributed by atoms with Crippen molar-refractivity contribution in [3.63, 3.8) is 0 Å². The summed E-state index contributed by atoms with van der Waals surface area (Å²) in [4.78, 5) is 0. The molecule has 0 aliphatic heterocycles. The smallest absolute Gasteiger partial charge is 0.0988 e. The Labute approximate surface area is 84.7 Å². The highest BCUT2D eigenvalue weighted by Crippen LogP contribution is 2.08. The van der Waals surface area contributed by atoms with Crippen LogP contribution in [0.4, 0.5) is 0 Å². The fourth-order valence-corrected chi connectivity index (χ4v) is 1.75. The molecular formula is C7H6IO3S-. The summed E-state index contributed by atoms with van der Waals surface area (Å²) in [6.07, 6.45) is 0. The van der Waals surface area contributed by atoms with Gasteiger partial charge in [-0.2, -0.15) is 0 Å². The average molecular weight is 297 g/mol. The zero-order valence-corrected chi connectivity index (χ0v) is 9.00. The first-order valence-electron chi connectivity index (χ1n) is 3.15. The van der Waals surface area contributed by atoms with Crippen LogP contribution in [0.5, 0.6) is 0 Å². The Morgan fingerprint density at radius 3 is 2.17 bits per heavy atom. The van der Waals surface area contributed by atoms with Gasteiger partial charge in [-0.05, 0) is 40.3 Å². The van der Waals surface area contributed by atoms with Crippen molar-refractivity contribution in [2.45, 2.75) is 5.75 Å². The standard InChI is InChI=1S/C7H7IO3S/c8-7-3-1-6(2-4-7)5-12(9,10)11/h1-4H,5H2,(H,9,10,11)/p-1. The minimum absolute atomic E-state index is 0.427. The summed E-state index contributed by atoms with van der Waals surface area (Å²) in [5, 5.41) is 0. The number of hydrogen-bond donors (Lipinski definition) is 0. The molecule has 0 amide bonds. The summed E-state index contributed by atoms with van der Waals surface area (Å²) < 4.78 is 32.0. The fourth-order valence-electron chi connectivity index (χ4n) is 0.785. The van der Waals surface area contributed by atoms with Gasteiger partial charge in [0.25, 0.3) is 0 Å². The highest BCUT2D eigenvalue weighted by Gasteiger charge is 1.97. The van der Waals surface area contributed by atoms with Crippen LogP contribution in [0.25, 0.3) is 0 Å². The Morgan fingerprint density at radius 1 is 1.25 bits per heavy atom. The molecule has 3 nitrogen and oxygen atoms in total. The van der Waals surface area contributed by atoms with Gasteiger partial charge < -0.3 is 4.55 Å². The van der Waals surface area contributed by atoms with E-state index < -0.39 is 15.9 Å². The molecule has 0 saturated heterocycles. The van der Waals surface area contributed by atoms with Crippen molar-refractivity contribution in [3.05, 3.63) is 33.4 Å². The Kier molecular flexibility index (Phi) is 3.08. The van der Waals surface area contributed by atoms with E-state index in [0.29, 0.717) is 5.56 Å². The van der Waals surface area contributed by atoms with Gasteiger partial charge in [-0.3, -0.25) is 0 Å². The third kappa shape index (κ3) is 3.51. The van der Waals surface area contributed by atoms with Crippen molar-refractivity contribution in [2.24, 2.45) is 0 Å². The van der Waals surface area contributed by atoms with Gasteiger partial charge in [0.15, 0.2) is 0 Å². The van der Waals surface area contributed by atoms with Crippen molar-refractivity contribution in [1.29, 1.82) is 0 Å². The molecule has 0 N–H and O–H groups in total. The molecule has 1 aromatic rings. The second-order valence-corrected chi connectivity index (χ2v) is 4.98. The number of benzene rings is 1. The third-order valence-electron chi connectivity index (χ3n) is 1.26. The van der Waals surface area contributed by atoms with E-state index in [4.69, 9.17) is 0 Å². The molecule has 0 spiro atoms. The van der Waals surface area contributed by atoms with Gasteiger partial charge in [0, 0.05) is 3.57 Å². The van der Waals surface area contributed by atoms with Crippen LogP contribution in [0.1, 0.15) is 5.56 Å². The topological polar surface area (TPSA) is 57.2 Å². The molecule has 0 bridgehead atoms. The molecule has 0 aromatic heterocycles. The van der Waals surface area contributed by atoms with E-state index in [1.165, 1.54) is 0 Å².